The summed E-state index contributed by atoms with van der Waals surface area (Å²) in [4.78, 5) is 4.63. The Kier molecular flexibility index (Phi) is 6.12. The van der Waals surface area contributed by atoms with Crippen molar-refractivity contribution < 1.29 is 0 Å². The van der Waals surface area contributed by atoms with Crippen molar-refractivity contribution in [3.05, 3.63) is 76.3 Å². The predicted molar refractivity (Wildman–Crippen MR) is 121 cm³/mol. The van der Waals surface area contributed by atoms with E-state index < -0.39 is 0 Å². The maximum Gasteiger partial charge on any atom is 0.168 e. The van der Waals surface area contributed by atoms with Crippen LogP contribution in [0.1, 0.15) is 5.56 Å². The second-order valence-electron chi connectivity index (χ2n) is 6.62. The standard InChI is InChI=1S/C21H20Cl2N6/c22-17-7-6-16(19(23)14-17)15-24-25-20-8-9-21(27-26-20)29-12-10-28(11-13-29)18-4-2-1-3-5-18/h1-9,14-15H,10-13H2,(H,25,26)/b24-15-. The SMILES string of the molecule is Clc1ccc(/C=N\Nc2ccc(N3CCN(c4ccccc4)CC3)nn2)c(Cl)c1. The fourth-order valence-electron chi connectivity index (χ4n) is 3.16. The first-order valence-corrected chi connectivity index (χ1v) is 10.1. The van der Waals surface area contributed by atoms with Gasteiger partial charge in [0.1, 0.15) is 0 Å². The zero-order chi connectivity index (χ0) is 20.1. The first kappa shape index (κ1) is 19.5. The molecule has 2 aromatic carbocycles. The van der Waals surface area contributed by atoms with E-state index in [1.54, 1.807) is 24.4 Å². The Morgan fingerprint density at radius 2 is 1.62 bits per heavy atom. The average molecular weight is 427 g/mol. The Balaban J connectivity index is 1.32. The topological polar surface area (TPSA) is 56.7 Å². The minimum atomic E-state index is 0.541. The summed E-state index contributed by atoms with van der Waals surface area (Å²) in [6.45, 7) is 3.73. The van der Waals surface area contributed by atoms with Crippen LogP contribution in [0.5, 0.6) is 0 Å². The maximum atomic E-state index is 6.13. The molecule has 29 heavy (non-hydrogen) atoms. The molecule has 0 bridgehead atoms. The van der Waals surface area contributed by atoms with E-state index in [1.807, 2.05) is 18.2 Å². The summed E-state index contributed by atoms with van der Waals surface area (Å²) in [6.07, 6.45) is 1.62. The number of para-hydroxylation sites is 1. The van der Waals surface area contributed by atoms with Crippen molar-refractivity contribution in [2.24, 2.45) is 5.10 Å². The van der Waals surface area contributed by atoms with Gasteiger partial charge in [-0.05, 0) is 36.4 Å². The van der Waals surface area contributed by atoms with Gasteiger partial charge in [-0.25, -0.2) is 0 Å². The van der Waals surface area contributed by atoms with Gasteiger partial charge in [0.15, 0.2) is 11.6 Å². The zero-order valence-electron chi connectivity index (χ0n) is 15.7. The van der Waals surface area contributed by atoms with E-state index >= 15 is 0 Å². The molecule has 0 radical (unpaired) electrons. The Morgan fingerprint density at radius 1 is 0.862 bits per heavy atom. The molecule has 0 aliphatic carbocycles. The van der Waals surface area contributed by atoms with Crippen LogP contribution in [-0.2, 0) is 0 Å². The van der Waals surface area contributed by atoms with Crippen LogP contribution in [0.4, 0.5) is 17.3 Å². The fraction of sp³-hybridized carbons (Fsp3) is 0.190. The number of hydrogen-bond acceptors (Lipinski definition) is 6. The number of piperazine rings is 1. The first-order chi connectivity index (χ1) is 14.2. The third kappa shape index (κ3) is 4.96. The molecule has 1 aliphatic rings. The molecule has 0 spiro atoms. The van der Waals surface area contributed by atoms with Gasteiger partial charge in [0, 0.05) is 42.5 Å². The summed E-state index contributed by atoms with van der Waals surface area (Å²) in [7, 11) is 0. The van der Waals surface area contributed by atoms with Gasteiger partial charge in [-0.2, -0.15) is 5.10 Å². The molecule has 0 atom stereocenters. The third-order valence-electron chi connectivity index (χ3n) is 4.72. The lowest BCUT2D eigenvalue weighted by Gasteiger charge is -2.36. The summed E-state index contributed by atoms with van der Waals surface area (Å²) < 4.78 is 0. The highest BCUT2D eigenvalue weighted by Gasteiger charge is 2.18. The van der Waals surface area contributed by atoms with Crippen molar-refractivity contribution in [1.82, 2.24) is 10.2 Å². The molecule has 1 aliphatic heterocycles. The number of halogens is 2. The van der Waals surface area contributed by atoms with Gasteiger partial charge in [-0.3, -0.25) is 5.43 Å². The zero-order valence-corrected chi connectivity index (χ0v) is 17.2. The molecule has 8 heteroatoms. The molecular weight excluding hydrogens is 407 g/mol. The van der Waals surface area contributed by atoms with Crippen LogP contribution in [0, 0.1) is 0 Å². The van der Waals surface area contributed by atoms with Crippen LogP contribution >= 0.6 is 23.2 Å². The quantitative estimate of drug-likeness (QED) is 0.478. The highest BCUT2D eigenvalue weighted by molar-refractivity contribution is 6.36. The summed E-state index contributed by atoms with van der Waals surface area (Å²) in [5.41, 5.74) is 4.90. The molecular formula is C21H20Cl2N6. The van der Waals surface area contributed by atoms with Crippen molar-refractivity contribution in [3.63, 3.8) is 0 Å². The molecule has 1 saturated heterocycles. The van der Waals surface area contributed by atoms with Crippen LogP contribution in [0.25, 0.3) is 0 Å². The van der Waals surface area contributed by atoms with Gasteiger partial charge < -0.3 is 9.80 Å². The van der Waals surface area contributed by atoms with Gasteiger partial charge in [0.2, 0.25) is 0 Å². The Bertz CT molecular complexity index is 970. The van der Waals surface area contributed by atoms with Crippen LogP contribution in [-0.4, -0.2) is 42.6 Å². The normalized spacial score (nSPS) is 14.4. The van der Waals surface area contributed by atoms with Gasteiger partial charge in [0.25, 0.3) is 0 Å². The average Bonchev–Trinajstić information content (AvgIpc) is 2.76. The second kappa shape index (κ2) is 9.11. The molecule has 4 rings (SSSR count). The highest BCUT2D eigenvalue weighted by Crippen LogP contribution is 2.20. The lowest BCUT2D eigenvalue weighted by atomic mass is 10.2. The summed E-state index contributed by atoms with van der Waals surface area (Å²) in [5, 5.41) is 13.8. The lowest BCUT2D eigenvalue weighted by Crippen LogP contribution is -2.46. The molecule has 3 aromatic rings. The van der Waals surface area contributed by atoms with Crippen molar-refractivity contribution in [2.45, 2.75) is 0 Å². The van der Waals surface area contributed by atoms with E-state index in [2.05, 4.69) is 54.8 Å². The van der Waals surface area contributed by atoms with Crippen molar-refractivity contribution in [3.8, 4) is 0 Å². The van der Waals surface area contributed by atoms with Gasteiger partial charge in [-0.1, -0.05) is 47.5 Å². The number of hydrazone groups is 1. The number of nitrogens with zero attached hydrogens (tertiary/aromatic N) is 5. The van der Waals surface area contributed by atoms with Crippen LogP contribution < -0.4 is 15.2 Å². The maximum absolute atomic E-state index is 6.13. The molecule has 148 valence electrons. The van der Waals surface area contributed by atoms with Crippen LogP contribution in [0.15, 0.2) is 65.8 Å². The van der Waals surface area contributed by atoms with Crippen LogP contribution in [0.2, 0.25) is 10.0 Å². The third-order valence-corrected chi connectivity index (χ3v) is 5.28. The van der Waals surface area contributed by atoms with Crippen molar-refractivity contribution in [2.75, 3.05) is 41.4 Å². The van der Waals surface area contributed by atoms with E-state index in [1.165, 1.54) is 5.69 Å². The van der Waals surface area contributed by atoms with Crippen molar-refractivity contribution >= 4 is 46.7 Å². The molecule has 6 nitrogen and oxygen atoms in total. The number of benzene rings is 2. The molecule has 1 N–H and O–H groups in total. The van der Waals surface area contributed by atoms with Crippen molar-refractivity contribution in [1.29, 1.82) is 0 Å². The number of nitrogens with one attached hydrogen (secondary N) is 1. The Hall–Kier alpha value is -2.83. The molecule has 0 unspecified atom stereocenters. The van der Waals surface area contributed by atoms with E-state index in [-0.39, 0.29) is 0 Å². The van der Waals surface area contributed by atoms with E-state index in [0.717, 1.165) is 37.6 Å². The molecule has 0 amide bonds. The molecule has 0 saturated carbocycles. The number of anilines is 3. The second-order valence-corrected chi connectivity index (χ2v) is 7.47. The van der Waals surface area contributed by atoms with Gasteiger partial charge >= 0.3 is 0 Å². The molecule has 1 fully saturated rings. The van der Waals surface area contributed by atoms with Gasteiger partial charge in [-0.15, -0.1) is 10.2 Å². The fourth-order valence-corrected chi connectivity index (χ4v) is 3.62. The number of aromatic nitrogens is 2. The smallest absolute Gasteiger partial charge is 0.168 e. The van der Waals surface area contributed by atoms with E-state index in [0.29, 0.717) is 15.9 Å². The summed E-state index contributed by atoms with van der Waals surface area (Å²) in [5.74, 6) is 1.44. The number of hydrogen-bond donors (Lipinski definition) is 1. The van der Waals surface area contributed by atoms with Gasteiger partial charge in [0.05, 0.1) is 11.2 Å². The van der Waals surface area contributed by atoms with E-state index in [9.17, 15) is 0 Å². The monoisotopic (exact) mass is 426 g/mol. The Labute approximate surface area is 179 Å². The number of rotatable bonds is 5. The van der Waals surface area contributed by atoms with E-state index in [4.69, 9.17) is 23.2 Å². The summed E-state index contributed by atoms with van der Waals surface area (Å²) >= 11 is 12.0. The van der Waals surface area contributed by atoms with Crippen LogP contribution in [0.3, 0.4) is 0 Å². The highest BCUT2D eigenvalue weighted by atomic mass is 35.5. The first-order valence-electron chi connectivity index (χ1n) is 9.32. The molecule has 2 heterocycles. The largest absolute Gasteiger partial charge is 0.368 e. The Morgan fingerprint density at radius 3 is 2.31 bits per heavy atom. The molecule has 1 aromatic heterocycles. The minimum absolute atomic E-state index is 0.541. The summed E-state index contributed by atoms with van der Waals surface area (Å²) in [6, 6.07) is 19.5. The minimum Gasteiger partial charge on any atom is -0.368 e. The predicted octanol–water partition coefficient (Wildman–Crippen LogP) is 4.56. The lowest BCUT2D eigenvalue weighted by molar-refractivity contribution is 0.644.